The average Bonchev–Trinajstić information content (AvgIpc) is 2.37. The summed E-state index contributed by atoms with van der Waals surface area (Å²) in [6, 6.07) is 9.46. The zero-order chi connectivity index (χ0) is 12.8. The van der Waals surface area contributed by atoms with Crippen LogP contribution in [0.3, 0.4) is 0 Å². The van der Waals surface area contributed by atoms with E-state index in [1.165, 1.54) is 0 Å². The van der Waals surface area contributed by atoms with E-state index in [0.29, 0.717) is 0 Å². The SMILES string of the molecule is CCC(C)[C@H](N)C(=O)N[C@@H](C)c1ccccc1. The van der Waals surface area contributed by atoms with Gasteiger partial charge >= 0.3 is 0 Å². The molecule has 17 heavy (non-hydrogen) atoms. The van der Waals surface area contributed by atoms with Gasteiger partial charge in [0.1, 0.15) is 0 Å². The lowest BCUT2D eigenvalue weighted by Gasteiger charge is -2.21. The van der Waals surface area contributed by atoms with Crippen LogP contribution in [-0.4, -0.2) is 11.9 Å². The van der Waals surface area contributed by atoms with Crippen molar-refractivity contribution in [2.75, 3.05) is 0 Å². The Bertz CT molecular complexity index is 350. The van der Waals surface area contributed by atoms with Gasteiger partial charge in [-0.2, -0.15) is 0 Å². The molecular weight excluding hydrogens is 212 g/mol. The molecule has 0 heterocycles. The van der Waals surface area contributed by atoms with Crippen molar-refractivity contribution in [2.45, 2.75) is 39.3 Å². The topological polar surface area (TPSA) is 55.1 Å². The molecule has 3 heteroatoms. The highest BCUT2D eigenvalue weighted by Gasteiger charge is 2.20. The highest BCUT2D eigenvalue weighted by atomic mass is 16.2. The van der Waals surface area contributed by atoms with Gasteiger partial charge in [-0.3, -0.25) is 4.79 Å². The molecule has 1 rings (SSSR count). The van der Waals surface area contributed by atoms with Crippen LogP contribution in [0.25, 0.3) is 0 Å². The van der Waals surface area contributed by atoms with E-state index in [-0.39, 0.29) is 17.9 Å². The van der Waals surface area contributed by atoms with Crippen molar-refractivity contribution in [3.63, 3.8) is 0 Å². The van der Waals surface area contributed by atoms with Crippen molar-refractivity contribution in [3.05, 3.63) is 35.9 Å². The minimum atomic E-state index is -0.425. The van der Waals surface area contributed by atoms with Crippen LogP contribution in [0.2, 0.25) is 0 Å². The molecule has 0 aliphatic carbocycles. The van der Waals surface area contributed by atoms with E-state index in [2.05, 4.69) is 5.32 Å². The molecule has 0 bridgehead atoms. The Labute approximate surface area is 103 Å². The van der Waals surface area contributed by atoms with Crippen LogP contribution in [0.4, 0.5) is 0 Å². The predicted octanol–water partition coefficient (Wildman–Crippen LogP) is 2.24. The van der Waals surface area contributed by atoms with Gasteiger partial charge in [0.2, 0.25) is 5.91 Å². The Morgan fingerprint density at radius 2 is 1.88 bits per heavy atom. The van der Waals surface area contributed by atoms with Crippen molar-refractivity contribution in [2.24, 2.45) is 11.7 Å². The fourth-order valence-corrected chi connectivity index (χ4v) is 1.65. The fraction of sp³-hybridized carbons (Fsp3) is 0.500. The second-order valence-electron chi connectivity index (χ2n) is 4.55. The minimum absolute atomic E-state index is 0.00111. The highest BCUT2D eigenvalue weighted by molar-refractivity contribution is 5.82. The Morgan fingerprint density at radius 1 is 1.29 bits per heavy atom. The van der Waals surface area contributed by atoms with Gasteiger partial charge in [-0.15, -0.1) is 0 Å². The summed E-state index contributed by atoms with van der Waals surface area (Å²) in [5, 5.41) is 2.95. The number of carbonyl (C=O) groups excluding carboxylic acids is 1. The molecule has 1 unspecified atom stereocenters. The molecule has 94 valence electrons. The van der Waals surface area contributed by atoms with Gasteiger partial charge in [0.15, 0.2) is 0 Å². The second-order valence-corrected chi connectivity index (χ2v) is 4.55. The van der Waals surface area contributed by atoms with Crippen molar-refractivity contribution in [3.8, 4) is 0 Å². The van der Waals surface area contributed by atoms with E-state index in [0.717, 1.165) is 12.0 Å². The van der Waals surface area contributed by atoms with Gasteiger partial charge in [0, 0.05) is 0 Å². The lowest BCUT2D eigenvalue weighted by Crippen LogP contribution is -2.45. The molecule has 1 aromatic rings. The number of carbonyl (C=O) groups is 1. The first-order chi connectivity index (χ1) is 8.06. The summed E-state index contributed by atoms with van der Waals surface area (Å²) in [5.41, 5.74) is 6.98. The molecule has 3 nitrogen and oxygen atoms in total. The Kier molecular flexibility index (Phi) is 5.16. The van der Waals surface area contributed by atoms with Gasteiger partial charge in [-0.1, -0.05) is 50.6 Å². The molecule has 0 aliphatic rings. The van der Waals surface area contributed by atoms with Gasteiger partial charge in [-0.05, 0) is 18.4 Å². The zero-order valence-electron chi connectivity index (χ0n) is 10.8. The van der Waals surface area contributed by atoms with Crippen molar-refractivity contribution < 1.29 is 4.79 Å². The number of amides is 1. The van der Waals surface area contributed by atoms with E-state index < -0.39 is 6.04 Å². The lowest BCUT2D eigenvalue weighted by molar-refractivity contribution is -0.124. The molecule has 0 radical (unpaired) electrons. The van der Waals surface area contributed by atoms with Crippen molar-refractivity contribution >= 4 is 5.91 Å². The molecule has 0 fully saturated rings. The largest absolute Gasteiger partial charge is 0.348 e. The van der Waals surface area contributed by atoms with Gasteiger partial charge in [-0.25, -0.2) is 0 Å². The minimum Gasteiger partial charge on any atom is -0.348 e. The normalized spacial score (nSPS) is 16.0. The van der Waals surface area contributed by atoms with Gasteiger partial charge in [0.05, 0.1) is 12.1 Å². The zero-order valence-corrected chi connectivity index (χ0v) is 10.8. The number of benzene rings is 1. The smallest absolute Gasteiger partial charge is 0.237 e. The van der Waals surface area contributed by atoms with E-state index in [1.54, 1.807) is 0 Å². The summed E-state index contributed by atoms with van der Waals surface area (Å²) in [6.07, 6.45) is 0.911. The van der Waals surface area contributed by atoms with E-state index in [1.807, 2.05) is 51.1 Å². The third-order valence-electron chi connectivity index (χ3n) is 3.22. The summed E-state index contributed by atoms with van der Waals surface area (Å²) < 4.78 is 0. The van der Waals surface area contributed by atoms with Crippen LogP contribution in [0.5, 0.6) is 0 Å². The second kappa shape index (κ2) is 6.40. The van der Waals surface area contributed by atoms with Crippen LogP contribution in [-0.2, 0) is 4.79 Å². The Balaban J connectivity index is 2.57. The standard InChI is InChI=1S/C14H22N2O/c1-4-10(2)13(15)14(17)16-11(3)12-8-6-5-7-9-12/h5-11,13H,4,15H2,1-3H3,(H,16,17)/t10?,11-,13-/m0/s1. The van der Waals surface area contributed by atoms with E-state index >= 15 is 0 Å². The van der Waals surface area contributed by atoms with E-state index in [4.69, 9.17) is 5.73 Å². The summed E-state index contributed by atoms with van der Waals surface area (Å²) in [7, 11) is 0. The molecule has 0 aromatic heterocycles. The summed E-state index contributed by atoms with van der Waals surface area (Å²) in [4.78, 5) is 11.9. The molecule has 0 saturated heterocycles. The first-order valence-corrected chi connectivity index (χ1v) is 6.17. The maximum Gasteiger partial charge on any atom is 0.237 e. The van der Waals surface area contributed by atoms with E-state index in [9.17, 15) is 4.79 Å². The third kappa shape index (κ3) is 3.86. The van der Waals surface area contributed by atoms with Crippen LogP contribution in [0.15, 0.2) is 30.3 Å². The van der Waals surface area contributed by atoms with Crippen LogP contribution in [0.1, 0.15) is 38.8 Å². The first-order valence-electron chi connectivity index (χ1n) is 6.17. The fourth-order valence-electron chi connectivity index (χ4n) is 1.65. The van der Waals surface area contributed by atoms with Crippen molar-refractivity contribution in [1.82, 2.24) is 5.32 Å². The number of hydrogen-bond donors (Lipinski definition) is 2. The third-order valence-corrected chi connectivity index (χ3v) is 3.22. The van der Waals surface area contributed by atoms with Crippen LogP contribution in [0, 0.1) is 5.92 Å². The molecule has 0 aliphatic heterocycles. The number of rotatable bonds is 5. The maximum atomic E-state index is 11.9. The first kappa shape index (κ1) is 13.7. The number of nitrogens with one attached hydrogen (secondary N) is 1. The monoisotopic (exact) mass is 234 g/mol. The van der Waals surface area contributed by atoms with Gasteiger partial charge < -0.3 is 11.1 Å². The summed E-state index contributed by atoms with van der Waals surface area (Å²) in [6.45, 7) is 6.01. The van der Waals surface area contributed by atoms with Crippen LogP contribution < -0.4 is 11.1 Å². The van der Waals surface area contributed by atoms with Gasteiger partial charge in [0.25, 0.3) is 0 Å². The Morgan fingerprint density at radius 3 is 2.41 bits per heavy atom. The summed E-state index contributed by atoms with van der Waals surface area (Å²) in [5.74, 6) is 0.133. The number of hydrogen-bond acceptors (Lipinski definition) is 2. The highest BCUT2D eigenvalue weighted by Crippen LogP contribution is 2.12. The van der Waals surface area contributed by atoms with Crippen molar-refractivity contribution in [1.29, 1.82) is 0 Å². The maximum absolute atomic E-state index is 11.9. The van der Waals surface area contributed by atoms with Crippen LogP contribution >= 0.6 is 0 Å². The average molecular weight is 234 g/mol. The molecule has 3 N–H and O–H groups in total. The Hall–Kier alpha value is -1.35. The molecule has 3 atom stereocenters. The summed E-state index contributed by atoms with van der Waals surface area (Å²) >= 11 is 0. The molecule has 0 spiro atoms. The number of nitrogens with two attached hydrogens (primary N) is 1. The molecule has 0 saturated carbocycles. The predicted molar refractivity (Wildman–Crippen MR) is 70.4 cm³/mol. The molecule has 1 amide bonds. The quantitative estimate of drug-likeness (QED) is 0.821. The molecule has 1 aromatic carbocycles. The lowest BCUT2D eigenvalue weighted by atomic mass is 9.98. The molecular formula is C14H22N2O.